The minimum absolute atomic E-state index is 0.0811. The van der Waals surface area contributed by atoms with Crippen LogP contribution in [0.4, 0.5) is 13.2 Å². The minimum atomic E-state index is -4.59. The molecule has 8 heteroatoms. The van der Waals surface area contributed by atoms with Gasteiger partial charge in [0.25, 0.3) is 0 Å². The normalized spacial score (nSPS) is 11.6. The van der Waals surface area contributed by atoms with Crippen molar-refractivity contribution < 1.29 is 17.9 Å². The van der Waals surface area contributed by atoms with Gasteiger partial charge in [-0.15, -0.1) is 0 Å². The number of hydrogen-bond acceptors (Lipinski definition) is 2. The van der Waals surface area contributed by atoms with Crippen LogP contribution in [-0.2, 0) is 6.18 Å². The molecule has 0 aliphatic rings. The molecule has 0 unspecified atom stereocenters. The fourth-order valence-corrected chi connectivity index (χ4v) is 2.71. The van der Waals surface area contributed by atoms with Crippen LogP contribution in [0.2, 0.25) is 15.1 Å². The third-order valence-electron chi connectivity index (χ3n) is 2.61. The average Bonchev–Trinajstić information content (AvgIpc) is 2.36. The van der Waals surface area contributed by atoms with E-state index in [9.17, 15) is 13.2 Å². The summed E-state index contributed by atoms with van der Waals surface area (Å²) in [5, 5.41) is 0.426. The molecule has 0 saturated heterocycles. The standard InChI is InChI=1S/C13H7Cl3F3NO/c1-21-9-2-3-10(13(17,18)19)20-12(9)11-7(15)4-6(14)5-8(11)16/h2-5H,1H3. The number of rotatable bonds is 2. The lowest BCUT2D eigenvalue weighted by atomic mass is 10.1. The molecule has 2 rings (SSSR count). The van der Waals surface area contributed by atoms with Gasteiger partial charge in [0.15, 0.2) is 0 Å². The smallest absolute Gasteiger partial charge is 0.433 e. The van der Waals surface area contributed by atoms with Crippen molar-refractivity contribution in [2.45, 2.75) is 6.18 Å². The van der Waals surface area contributed by atoms with Gasteiger partial charge in [-0.05, 0) is 24.3 Å². The lowest BCUT2D eigenvalue weighted by Gasteiger charge is -2.14. The third-order valence-corrected chi connectivity index (χ3v) is 3.43. The Morgan fingerprint density at radius 2 is 1.62 bits per heavy atom. The molecule has 0 bridgehead atoms. The number of methoxy groups -OCH3 is 1. The molecule has 2 aromatic rings. The van der Waals surface area contributed by atoms with Crippen LogP contribution in [-0.4, -0.2) is 12.1 Å². The second-order valence-corrected chi connectivity index (χ2v) is 5.24. The van der Waals surface area contributed by atoms with Gasteiger partial charge in [0, 0.05) is 10.6 Å². The Kier molecular flexibility index (Phi) is 4.56. The second-order valence-electron chi connectivity index (χ2n) is 3.99. The van der Waals surface area contributed by atoms with Crippen molar-refractivity contribution in [1.29, 1.82) is 0 Å². The molecule has 0 atom stereocenters. The highest BCUT2D eigenvalue weighted by atomic mass is 35.5. The van der Waals surface area contributed by atoms with Gasteiger partial charge in [-0.25, -0.2) is 4.98 Å². The molecule has 1 aromatic heterocycles. The zero-order valence-electron chi connectivity index (χ0n) is 10.4. The highest BCUT2D eigenvalue weighted by Crippen LogP contribution is 2.41. The van der Waals surface area contributed by atoms with Crippen LogP contribution in [0.25, 0.3) is 11.3 Å². The van der Waals surface area contributed by atoms with E-state index in [1.165, 1.54) is 19.2 Å². The Bertz CT molecular complexity index is 666. The van der Waals surface area contributed by atoms with Crippen LogP contribution in [0.1, 0.15) is 5.69 Å². The van der Waals surface area contributed by atoms with Gasteiger partial charge in [-0.3, -0.25) is 0 Å². The zero-order valence-corrected chi connectivity index (χ0v) is 12.7. The van der Waals surface area contributed by atoms with Gasteiger partial charge in [0.2, 0.25) is 0 Å². The van der Waals surface area contributed by atoms with E-state index in [0.29, 0.717) is 0 Å². The molecule has 0 aliphatic carbocycles. The summed E-state index contributed by atoms with van der Waals surface area (Å²) in [5.41, 5.74) is -1.04. The van der Waals surface area contributed by atoms with Gasteiger partial charge < -0.3 is 4.74 Å². The lowest BCUT2D eigenvalue weighted by molar-refractivity contribution is -0.141. The molecular formula is C13H7Cl3F3NO. The van der Waals surface area contributed by atoms with E-state index >= 15 is 0 Å². The van der Waals surface area contributed by atoms with E-state index in [2.05, 4.69) is 4.98 Å². The first-order valence-electron chi connectivity index (χ1n) is 5.51. The van der Waals surface area contributed by atoms with E-state index in [-0.39, 0.29) is 32.1 Å². The zero-order chi connectivity index (χ0) is 15.8. The predicted octanol–water partition coefficient (Wildman–Crippen LogP) is 5.74. The van der Waals surface area contributed by atoms with E-state index in [1.807, 2.05) is 0 Å². The fourth-order valence-electron chi connectivity index (χ4n) is 1.72. The first-order chi connectivity index (χ1) is 9.74. The summed E-state index contributed by atoms with van der Waals surface area (Å²) in [7, 11) is 1.31. The number of alkyl halides is 3. The summed E-state index contributed by atoms with van der Waals surface area (Å²) in [6.45, 7) is 0. The SMILES string of the molecule is COc1ccc(C(F)(F)F)nc1-c1c(Cl)cc(Cl)cc1Cl. The molecule has 112 valence electrons. The monoisotopic (exact) mass is 355 g/mol. The summed E-state index contributed by atoms with van der Waals surface area (Å²) >= 11 is 17.8. The number of benzene rings is 1. The van der Waals surface area contributed by atoms with Crippen LogP contribution in [0, 0.1) is 0 Å². The fraction of sp³-hybridized carbons (Fsp3) is 0.154. The Morgan fingerprint density at radius 3 is 2.10 bits per heavy atom. The molecule has 0 saturated carbocycles. The molecule has 0 fully saturated rings. The van der Waals surface area contributed by atoms with Crippen molar-refractivity contribution in [3.05, 3.63) is 45.0 Å². The molecule has 1 aromatic carbocycles. The van der Waals surface area contributed by atoms with Crippen molar-refractivity contribution in [2.24, 2.45) is 0 Å². The highest BCUT2D eigenvalue weighted by molar-refractivity contribution is 6.41. The van der Waals surface area contributed by atoms with Crippen molar-refractivity contribution in [3.63, 3.8) is 0 Å². The molecule has 0 N–H and O–H groups in total. The topological polar surface area (TPSA) is 22.1 Å². The van der Waals surface area contributed by atoms with Gasteiger partial charge >= 0.3 is 6.18 Å². The molecule has 0 spiro atoms. The van der Waals surface area contributed by atoms with Gasteiger partial charge in [-0.2, -0.15) is 13.2 Å². The number of halogens is 6. The van der Waals surface area contributed by atoms with Crippen LogP contribution >= 0.6 is 34.8 Å². The van der Waals surface area contributed by atoms with Crippen LogP contribution in [0.15, 0.2) is 24.3 Å². The van der Waals surface area contributed by atoms with Crippen molar-refractivity contribution in [1.82, 2.24) is 4.98 Å². The Hall–Kier alpha value is -1.17. The van der Waals surface area contributed by atoms with Crippen LogP contribution < -0.4 is 4.74 Å². The molecule has 0 aliphatic heterocycles. The van der Waals surface area contributed by atoms with Gasteiger partial charge in [0.1, 0.15) is 17.1 Å². The Balaban J connectivity index is 2.73. The summed E-state index contributed by atoms with van der Waals surface area (Å²) in [5.74, 6) is 0.120. The largest absolute Gasteiger partial charge is 0.494 e. The summed E-state index contributed by atoms with van der Waals surface area (Å²) in [4.78, 5) is 3.57. The van der Waals surface area contributed by atoms with Gasteiger partial charge in [0.05, 0.1) is 17.2 Å². The Labute approximate surface area is 133 Å². The first kappa shape index (κ1) is 16.2. The highest BCUT2D eigenvalue weighted by Gasteiger charge is 2.33. The van der Waals surface area contributed by atoms with E-state index in [0.717, 1.165) is 12.1 Å². The van der Waals surface area contributed by atoms with Gasteiger partial charge in [-0.1, -0.05) is 34.8 Å². The van der Waals surface area contributed by atoms with E-state index < -0.39 is 11.9 Å². The molecule has 2 nitrogen and oxygen atoms in total. The Morgan fingerprint density at radius 1 is 1.05 bits per heavy atom. The number of aromatic nitrogens is 1. The molecule has 21 heavy (non-hydrogen) atoms. The maximum absolute atomic E-state index is 12.8. The maximum atomic E-state index is 12.8. The lowest BCUT2D eigenvalue weighted by Crippen LogP contribution is -2.09. The summed E-state index contributed by atoms with van der Waals surface area (Å²) < 4.78 is 43.4. The number of pyridine rings is 1. The number of nitrogens with zero attached hydrogens (tertiary/aromatic N) is 1. The molecule has 0 radical (unpaired) electrons. The first-order valence-corrected chi connectivity index (χ1v) is 6.64. The van der Waals surface area contributed by atoms with E-state index in [4.69, 9.17) is 39.5 Å². The summed E-state index contributed by atoms with van der Waals surface area (Å²) in [6, 6.07) is 4.71. The summed E-state index contributed by atoms with van der Waals surface area (Å²) in [6.07, 6.45) is -4.59. The average molecular weight is 357 g/mol. The van der Waals surface area contributed by atoms with Crippen molar-refractivity contribution in [3.8, 4) is 17.0 Å². The molecular weight excluding hydrogens is 350 g/mol. The van der Waals surface area contributed by atoms with E-state index in [1.54, 1.807) is 0 Å². The molecule has 1 heterocycles. The number of hydrogen-bond donors (Lipinski definition) is 0. The van der Waals surface area contributed by atoms with Crippen LogP contribution in [0.5, 0.6) is 5.75 Å². The maximum Gasteiger partial charge on any atom is 0.433 e. The predicted molar refractivity (Wildman–Crippen MR) is 76.3 cm³/mol. The second kappa shape index (κ2) is 5.91. The van der Waals surface area contributed by atoms with Crippen molar-refractivity contribution >= 4 is 34.8 Å². The minimum Gasteiger partial charge on any atom is -0.494 e. The third kappa shape index (κ3) is 3.36. The number of ether oxygens (including phenoxy) is 1. The quantitative estimate of drug-likeness (QED) is 0.685. The van der Waals surface area contributed by atoms with Crippen molar-refractivity contribution in [2.75, 3.05) is 7.11 Å². The molecule has 0 amide bonds. The van der Waals surface area contributed by atoms with Crippen LogP contribution in [0.3, 0.4) is 0 Å².